The van der Waals surface area contributed by atoms with E-state index in [9.17, 15) is 4.79 Å². The minimum atomic E-state index is 0.0743. The van der Waals surface area contributed by atoms with Crippen LogP contribution >= 0.6 is 11.6 Å². The summed E-state index contributed by atoms with van der Waals surface area (Å²) >= 11 is 5.92. The highest BCUT2D eigenvalue weighted by Crippen LogP contribution is 2.18. The van der Waals surface area contributed by atoms with Gasteiger partial charge >= 0.3 is 0 Å². The van der Waals surface area contributed by atoms with E-state index in [1.807, 2.05) is 36.1 Å². The number of hydrogen-bond donors (Lipinski definition) is 1. The Morgan fingerprint density at radius 2 is 1.86 bits per heavy atom. The first-order valence-corrected chi connectivity index (χ1v) is 7.85. The Kier molecular flexibility index (Phi) is 4.18. The average molecular weight is 320 g/mol. The SMILES string of the molecule is Cc1c(C(=O)N2CC[NH+](C)CC2)cnn1-c1ccc(Cl)cc1. The molecule has 1 N–H and O–H groups in total. The third-order valence-corrected chi connectivity index (χ3v) is 4.47. The standard InChI is InChI=1S/C16H19ClN4O/c1-12-15(16(22)20-9-7-19(2)8-10-20)11-18-21(12)14-5-3-13(17)4-6-14/h3-6,11H,7-10H2,1-2H3/p+1. The first-order valence-electron chi connectivity index (χ1n) is 7.47. The van der Waals surface area contributed by atoms with Crippen molar-refractivity contribution in [3.05, 3.63) is 46.7 Å². The number of nitrogens with zero attached hydrogens (tertiary/aromatic N) is 3. The Morgan fingerprint density at radius 3 is 2.50 bits per heavy atom. The van der Waals surface area contributed by atoms with Gasteiger partial charge in [0.25, 0.3) is 5.91 Å². The molecule has 0 aliphatic carbocycles. The van der Waals surface area contributed by atoms with Crippen LogP contribution in [-0.2, 0) is 0 Å². The Balaban J connectivity index is 1.84. The second kappa shape index (κ2) is 6.10. The summed E-state index contributed by atoms with van der Waals surface area (Å²) in [5, 5.41) is 5.05. The van der Waals surface area contributed by atoms with Crippen molar-refractivity contribution in [1.29, 1.82) is 0 Å². The average Bonchev–Trinajstić information content (AvgIpc) is 2.90. The van der Waals surface area contributed by atoms with E-state index in [0.29, 0.717) is 10.6 Å². The molecule has 0 atom stereocenters. The number of nitrogens with one attached hydrogen (secondary N) is 1. The molecule has 1 aliphatic heterocycles. The molecule has 2 heterocycles. The molecule has 1 saturated heterocycles. The van der Waals surface area contributed by atoms with Crippen LogP contribution in [0.2, 0.25) is 5.02 Å². The summed E-state index contributed by atoms with van der Waals surface area (Å²) in [6.45, 7) is 5.52. The summed E-state index contributed by atoms with van der Waals surface area (Å²) in [5.41, 5.74) is 2.44. The van der Waals surface area contributed by atoms with Crippen LogP contribution in [0.5, 0.6) is 0 Å². The van der Waals surface area contributed by atoms with Gasteiger partial charge in [0, 0.05) is 5.02 Å². The molecule has 116 valence electrons. The second-order valence-corrected chi connectivity index (χ2v) is 6.22. The summed E-state index contributed by atoms with van der Waals surface area (Å²) in [4.78, 5) is 16.1. The molecule has 3 rings (SSSR count). The number of piperazine rings is 1. The molecule has 1 aliphatic rings. The lowest BCUT2D eigenvalue weighted by Crippen LogP contribution is -3.12. The van der Waals surface area contributed by atoms with Crippen LogP contribution in [0.3, 0.4) is 0 Å². The number of aromatic nitrogens is 2. The van der Waals surface area contributed by atoms with Crippen molar-refractivity contribution >= 4 is 17.5 Å². The number of carbonyl (C=O) groups excluding carboxylic acids is 1. The number of carbonyl (C=O) groups is 1. The van der Waals surface area contributed by atoms with Gasteiger partial charge in [0.1, 0.15) is 0 Å². The van der Waals surface area contributed by atoms with E-state index in [0.717, 1.165) is 37.6 Å². The molecule has 5 nitrogen and oxygen atoms in total. The number of halogens is 1. The Hall–Kier alpha value is -1.85. The fourth-order valence-electron chi connectivity index (χ4n) is 2.72. The van der Waals surface area contributed by atoms with Crippen LogP contribution in [0, 0.1) is 6.92 Å². The minimum Gasteiger partial charge on any atom is -0.334 e. The molecule has 0 bridgehead atoms. The largest absolute Gasteiger partial charge is 0.334 e. The minimum absolute atomic E-state index is 0.0743. The summed E-state index contributed by atoms with van der Waals surface area (Å²) in [6.07, 6.45) is 1.66. The van der Waals surface area contributed by atoms with Gasteiger partial charge in [0.15, 0.2) is 0 Å². The highest BCUT2D eigenvalue weighted by molar-refractivity contribution is 6.30. The monoisotopic (exact) mass is 319 g/mol. The fourth-order valence-corrected chi connectivity index (χ4v) is 2.85. The third-order valence-electron chi connectivity index (χ3n) is 4.22. The molecule has 1 amide bonds. The van der Waals surface area contributed by atoms with Crippen molar-refractivity contribution < 1.29 is 9.69 Å². The molecule has 6 heteroatoms. The first-order chi connectivity index (χ1) is 10.6. The molecule has 0 unspecified atom stereocenters. The lowest BCUT2D eigenvalue weighted by molar-refractivity contribution is -0.883. The van der Waals surface area contributed by atoms with Gasteiger partial charge in [-0.05, 0) is 31.2 Å². The summed E-state index contributed by atoms with van der Waals surface area (Å²) in [7, 11) is 2.16. The van der Waals surface area contributed by atoms with E-state index >= 15 is 0 Å². The molecule has 0 radical (unpaired) electrons. The van der Waals surface area contributed by atoms with E-state index in [1.54, 1.807) is 10.9 Å². The van der Waals surface area contributed by atoms with E-state index in [-0.39, 0.29) is 5.91 Å². The molecule has 1 aromatic carbocycles. The van der Waals surface area contributed by atoms with Crippen molar-refractivity contribution in [2.45, 2.75) is 6.92 Å². The van der Waals surface area contributed by atoms with Gasteiger partial charge in [-0.15, -0.1) is 0 Å². The normalized spacial score (nSPS) is 16.0. The number of quaternary nitrogens is 1. The molecule has 2 aromatic rings. The topological polar surface area (TPSA) is 42.6 Å². The van der Waals surface area contributed by atoms with E-state index in [2.05, 4.69) is 12.1 Å². The van der Waals surface area contributed by atoms with Crippen molar-refractivity contribution in [2.24, 2.45) is 0 Å². The molecular formula is C16H20ClN4O+. The van der Waals surface area contributed by atoms with E-state index in [1.165, 1.54) is 4.90 Å². The number of rotatable bonds is 2. The Labute approximate surface area is 135 Å². The second-order valence-electron chi connectivity index (χ2n) is 5.78. The lowest BCUT2D eigenvalue weighted by atomic mass is 10.2. The smallest absolute Gasteiger partial charge is 0.257 e. The summed E-state index contributed by atoms with van der Waals surface area (Å²) in [6, 6.07) is 7.44. The first kappa shape index (κ1) is 15.1. The molecule has 22 heavy (non-hydrogen) atoms. The van der Waals surface area contributed by atoms with Gasteiger partial charge < -0.3 is 9.80 Å². The zero-order chi connectivity index (χ0) is 15.7. The van der Waals surface area contributed by atoms with Gasteiger partial charge in [0.05, 0.1) is 56.4 Å². The van der Waals surface area contributed by atoms with Crippen molar-refractivity contribution in [3.63, 3.8) is 0 Å². The van der Waals surface area contributed by atoms with Crippen molar-refractivity contribution in [3.8, 4) is 5.69 Å². The van der Waals surface area contributed by atoms with E-state index < -0.39 is 0 Å². The van der Waals surface area contributed by atoms with Crippen LogP contribution in [-0.4, -0.2) is 53.8 Å². The van der Waals surface area contributed by atoms with Gasteiger partial charge in [-0.2, -0.15) is 5.10 Å². The van der Waals surface area contributed by atoms with Gasteiger partial charge in [-0.25, -0.2) is 4.68 Å². The maximum Gasteiger partial charge on any atom is 0.257 e. The quantitative estimate of drug-likeness (QED) is 0.890. The zero-order valence-corrected chi connectivity index (χ0v) is 13.6. The molecule has 0 saturated carbocycles. The van der Waals surface area contributed by atoms with Crippen LogP contribution in [0.1, 0.15) is 16.1 Å². The predicted molar refractivity (Wildman–Crippen MR) is 85.8 cm³/mol. The maximum absolute atomic E-state index is 12.7. The van der Waals surface area contributed by atoms with Crippen molar-refractivity contribution in [1.82, 2.24) is 14.7 Å². The maximum atomic E-state index is 12.7. The lowest BCUT2D eigenvalue weighted by Gasteiger charge is -2.30. The van der Waals surface area contributed by atoms with E-state index in [4.69, 9.17) is 11.6 Å². The highest BCUT2D eigenvalue weighted by Gasteiger charge is 2.25. The number of benzene rings is 1. The van der Waals surface area contributed by atoms with Gasteiger partial charge in [-0.1, -0.05) is 11.6 Å². The molecule has 1 aromatic heterocycles. The van der Waals surface area contributed by atoms with Gasteiger partial charge in [0.2, 0.25) is 0 Å². The number of amides is 1. The molecule has 0 spiro atoms. The number of hydrogen-bond acceptors (Lipinski definition) is 2. The van der Waals surface area contributed by atoms with Crippen LogP contribution in [0.25, 0.3) is 5.69 Å². The Bertz CT molecular complexity index is 672. The van der Waals surface area contributed by atoms with Gasteiger partial charge in [-0.3, -0.25) is 4.79 Å². The summed E-state index contributed by atoms with van der Waals surface area (Å²) < 4.78 is 1.78. The third kappa shape index (κ3) is 2.87. The fraction of sp³-hybridized carbons (Fsp3) is 0.375. The van der Waals surface area contributed by atoms with Crippen LogP contribution < -0.4 is 4.90 Å². The highest BCUT2D eigenvalue weighted by atomic mass is 35.5. The molecule has 1 fully saturated rings. The molecular weight excluding hydrogens is 300 g/mol. The predicted octanol–water partition coefficient (Wildman–Crippen LogP) is 0.805. The Morgan fingerprint density at radius 1 is 1.23 bits per heavy atom. The number of likely N-dealkylation sites (N-methyl/N-ethyl adjacent to an activating group) is 1. The van der Waals surface area contributed by atoms with Crippen LogP contribution in [0.15, 0.2) is 30.5 Å². The summed E-state index contributed by atoms with van der Waals surface area (Å²) in [5.74, 6) is 0.0743. The van der Waals surface area contributed by atoms with Crippen LogP contribution in [0.4, 0.5) is 0 Å². The zero-order valence-electron chi connectivity index (χ0n) is 12.8. The van der Waals surface area contributed by atoms with Crippen molar-refractivity contribution in [2.75, 3.05) is 33.2 Å².